The maximum absolute atomic E-state index is 12.8. The van der Waals surface area contributed by atoms with E-state index in [-0.39, 0.29) is 17.6 Å². The summed E-state index contributed by atoms with van der Waals surface area (Å²) in [5.74, 6) is -0.222. The van der Waals surface area contributed by atoms with Crippen molar-refractivity contribution in [2.75, 3.05) is 19.6 Å². The fourth-order valence-corrected chi connectivity index (χ4v) is 2.54. The highest BCUT2D eigenvalue weighted by molar-refractivity contribution is 5.95. The van der Waals surface area contributed by atoms with Gasteiger partial charge in [-0.05, 0) is 56.6 Å². The van der Waals surface area contributed by atoms with Crippen molar-refractivity contribution in [2.45, 2.75) is 31.7 Å². The highest BCUT2D eigenvalue weighted by Gasteiger charge is 2.16. The Balaban J connectivity index is 1.73. The van der Waals surface area contributed by atoms with Gasteiger partial charge in [0.25, 0.3) is 0 Å². The van der Waals surface area contributed by atoms with Crippen molar-refractivity contribution in [1.82, 2.24) is 4.90 Å². The van der Waals surface area contributed by atoms with Gasteiger partial charge < -0.3 is 10.6 Å². The van der Waals surface area contributed by atoms with Crippen LogP contribution in [0.2, 0.25) is 0 Å². The molecular formula is C15H21FN2O. The van der Waals surface area contributed by atoms with Crippen LogP contribution in [0.25, 0.3) is 0 Å². The lowest BCUT2D eigenvalue weighted by Gasteiger charge is -2.30. The molecule has 0 saturated carbocycles. The summed E-state index contributed by atoms with van der Waals surface area (Å²) in [4.78, 5) is 14.2. The van der Waals surface area contributed by atoms with E-state index in [1.807, 2.05) is 0 Å². The summed E-state index contributed by atoms with van der Waals surface area (Å²) < 4.78 is 12.8. The lowest BCUT2D eigenvalue weighted by molar-refractivity contribution is 0.0972. The summed E-state index contributed by atoms with van der Waals surface area (Å²) in [6.07, 6.45) is 3.60. The van der Waals surface area contributed by atoms with Crippen LogP contribution in [0.3, 0.4) is 0 Å². The normalized spacial score (nSPS) is 20.4. The molecule has 2 N–H and O–H groups in total. The number of rotatable bonds is 5. The van der Waals surface area contributed by atoms with E-state index in [2.05, 4.69) is 4.90 Å². The third-order valence-corrected chi connectivity index (χ3v) is 3.59. The van der Waals surface area contributed by atoms with Crippen molar-refractivity contribution in [3.05, 3.63) is 35.6 Å². The molecule has 1 aliphatic rings. The molecule has 4 heteroatoms. The van der Waals surface area contributed by atoms with Gasteiger partial charge in [0.1, 0.15) is 5.82 Å². The Morgan fingerprint density at radius 2 is 2.11 bits per heavy atom. The Morgan fingerprint density at radius 1 is 1.37 bits per heavy atom. The van der Waals surface area contributed by atoms with Crippen LogP contribution < -0.4 is 5.73 Å². The maximum Gasteiger partial charge on any atom is 0.162 e. The van der Waals surface area contributed by atoms with Crippen molar-refractivity contribution in [1.29, 1.82) is 0 Å². The van der Waals surface area contributed by atoms with Crippen molar-refractivity contribution in [3.63, 3.8) is 0 Å². The molecule has 3 nitrogen and oxygen atoms in total. The van der Waals surface area contributed by atoms with E-state index in [1.165, 1.54) is 12.1 Å². The molecule has 1 aliphatic heterocycles. The van der Waals surface area contributed by atoms with Gasteiger partial charge in [-0.2, -0.15) is 0 Å². The van der Waals surface area contributed by atoms with Crippen molar-refractivity contribution in [3.8, 4) is 0 Å². The van der Waals surface area contributed by atoms with Crippen molar-refractivity contribution >= 4 is 5.78 Å². The van der Waals surface area contributed by atoms with E-state index in [0.29, 0.717) is 12.0 Å². The molecule has 1 fully saturated rings. The first-order valence-electron chi connectivity index (χ1n) is 6.92. The first kappa shape index (κ1) is 14.2. The molecule has 104 valence electrons. The summed E-state index contributed by atoms with van der Waals surface area (Å²) in [6.45, 7) is 2.93. The molecule has 0 spiro atoms. The zero-order chi connectivity index (χ0) is 13.7. The van der Waals surface area contributed by atoms with Crippen LogP contribution in [0, 0.1) is 5.82 Å². The zero-order valence-corrected chi connectivity index (χ0v) is 11.1. The van der Waals surface area contributed by atoms with E-state index in [9.17, 15) is 9.18 Å². The quantitative estimate of drug-likeness (QED) is 0.829. The molecule has 1 aromatic carbocycles. The molecule has 1 saturated heterocycles. The van der Waals surface area contributed by atoms with Crippen molar-refractivity contribution < 1.29 is 9.18 Å². The predicted molar refractivity (Wildman–Crippen MR) is 73.6 cm³/mol. The third kappa shape index (κ3) is 4.40. The van der Waals surface area contributed by atoms with Gasteiger partial charge in [0.2, 0.25) is 0 Å². The number of Topliss-reactive ketones (excluding diaryl/α,β-unsaturated/α-hetero) is 1. The molecule has 0 aromatic heterocycles. The minimum Gasteiger partial charge on any atom is -0.327 e. The van der Waals surface area contributed by atoms with E-state index >= 15 is 0 Å². The summed E-state index contributed by atoms with van der Waals surface area (Å²) in [7, 11) is 0. The molecule has 0 bridgehead atoms. The summed E-state index contributed by atoms with van der Waals surface area (Å²) in [5, 5.41) is 0. The topological polar surface area (TPSA) is 46.3 Å². The molecule has 19 heavy (non-hydrogen) atoms. The largest absolute Gasteiger partial charge is 0.327 e. The van der Waals surface area contributed by atoms with Gasteiger partial charge in [0, 0.05) is 24.6 Å². The number of benzene rings is 1. The van der Waals surface area contributed by atoms with E-state index < -0.39 is 0 Å². The maximum atomic E-state index is 12.8. The SMILES string of the molecule is NC1CCCN(CCCC(=O)c2ccc(F)cc2)C1. The van der Waals surface area contributed by atoms with Crippen LogP contribution in [-0.2, 0) is 0 Å². The fraction of sp³-hybridized carbons (Fsp3) is 0.533. The lowest BCUT2D eigenvalue weighted by Crippen LogP contribution is -2.43. The smallest absolute Gasteiger partial charge is 0.162 e. The molecule has 0 radical (unpaired) electrons. The number of carbonyl (C=O) groups excluding carboxylic acids is 1. The van der Waals surface area contributed by atoms with Gasteiger partial charge in [-0.25, -0.2) is 4.39 Å². The predicted octanol–water partition coefficient (Wildman–Crippen LogP) is 2.21. The third-order valence-electron chi connectivity index (χ3n) is 3.59. The minimum atomic E-state index is -0.307. The first-order valence-corrected chi connectivity index (χ1v) is 6.92. The van der Waals surface area contributed by atoms with Gasteiger partial charge >= 0.3 is 0 Å². The number of halogens is 1. The highest BCUT2D eigenvalue weighted by Crippen LogP contribution is 2.11. The number of hydrogen-bond acceptors (Lipinski definition) is 3. The standard InChI is InChI=1S/C15H21FN2O/c16-13-7-5-12(6-8-13)15(19)4-2-10-18-9-1-3-14(17)11-18/h5-8,14H,1-4,9-11,17H2. The summed E-state index contributed by atoms with van der Waals surface area (Å²) in [5.41, 5.74) is 6.51. The molecule has 1 atom stereocenters. The number of nitrogens with two attached hydrogens (primary N) is 1. The molecule has 2 rings (SSSR count). The van der Waals surface area contributed by atoms with Crippen LogP contribution >= 0.6 is 0 Å². The highest BCUT2D eigenvalue weighted by atomic mass is 19.1. The Kier molecular flexibility index (Phi) is 5.05. The second-order valence-corrected chi connectivity index (χ2v) is 5.24. The van der Waals surface area contributed by atoms with E-state index in [4.69, 9.17) is 5.73 Å². The number of ketones is 1. The van der Waals surface area contributed by atoms with Crippen molar-refractivity contribution in [2.24, 2.45) is 5.73 Å². The van der Waals surface area contributed by atoms with Crippen LogP contribution in [0.1, 0.15) is 36.0 Å². The second kappa shape index (κ2) is 6.78. The van der Waals surface area contributed by atoms with E-state index in [0.717, 1.165) is 38.9 Å². The van der Waals surface area contributed by atoms with E-state index in [1.54, 1.807) is 12.1 Å². The van der Waals surface area contributed by atoms with Gasteiger partial charge in [0.15, 0.2) is 5.78 Å². The molecule has 0 aliphatic carbocycles. The number of likely N-dealkylation sites (tertiary alicyclic amines) is 1. The molecule has 1 unspecified atom stereocenters. The fourth-order valence-electron chi connectivity index (χ4n) is 2.54. The zero-order valence-electron chi connectivity index (χ0n) is 11.1. The van der Waals surface area contributed by atoms with Gasteiger partial charge in [-0.3, -0.25) is 4.79 Å². The van der Waals surface area contributed by atoms with Crippen LogP contribution in [0.5, 0.6) is 0 Å². The van der Waals surface area contributed by atoms with Crippen LogP contribution in [-0.4, -0.2) is 36.4 Å². The van der Waals surface area contributed by atoms with Crippen LogP contribution in [0.15, 0.2) is 24.3 Å². The van der Waals surface area contributed by atoms with Gasteiger partial charge in [0.05, 0.1) is 0 Å². The number of nitrogens with zero attached hydrogens (tertiary/aromatic N) is 1. The average Bonchev–Trinajstić information content (AvgIpc) is 2.39. The summed E-state index contributed by atoms with van der Waals surface area (Å²) in [6, 6.07) is 6.04. The Labute approximate surface area is 113 Å². The Morgan fingerprint density at radius 3 is 2.79 bits per heavy atom. The monoisotopic (exact) mass is 264 g/mol. The number of hydrogen-bond donors (Lipinski definition) is 1. The van der Waals surface area contributed by atoms with Crippen LogP contribution in [0.4, 0.5) is 4.39 Å². The first-order chi connectivity index (χ1) is 9.15. The molecule has 1 heterocycles. The Bertz CT molecular complexity index is 419. The number of carbonyl (C=O) groups is 1. The molecular weight excluding hydrogens is 243 g/mol. The second-order valence-electron chi connectivity index (χ2n) is 5.24. The minimum absolute atomic E-state index is 0.0845. The van der Waals surface area contributed by atoms with Gasteiger partial charge in [-0.15, -0.1) is 0 Å². The number of piperidine rings is 1. The molecule has 1 aromatic rings. The lowest BCUT2D eigenvalue weighted by atomic mass is 10.0. The summed E-state index contributed by atoms with van der Waals surface area (Å²) >= 11 is 0. The van der Waals surface area contributed by atoms with Gasteiger partial charge in [-0.1, -0.05) is 0 Å². The average molecular weight is 264 g/mol. The Hall–Kier alpha value is -1.26. The molecule has 0 amide bonds.